The molecule has 1 aliphatic rings. The Bertz CT molecular complexity index is 632. The second-order valence-corrected chi connectivity index (χ2v) is 8.12. The normalized spacial score (nSPS) is 23.1. The van der Waals surface area contributed by atoms with Crippen molar-refractivity contribution in [1.82, 2.24) is 4.90 Å². The van der Waals surface area contributed by atoms with Crippen molar-refractivity contribution < 1.29 is 13.2 Å². The second kappa shape index (κ2) is 5.37. The Hall–Kier alpha value is -1.07. The third kappa shape index (κ3) is 2.99. The van der Waals surface area contributed by atoms with Gasteiger partial charge in [0.2, 0.25) is 0 Å². The topological polar surface area (TPSA) is 54.5 Å². The lowest BCUT2D eigenvalue weighted by Crippen LogP contribution is -2.29. The summed E-state index contributed by atoms with van der Waals surface area (Å²) in [5, 5.41) is 0. The zero-order valence-corrected chi connectivity index (χ0v) is 13.3. The lowest BCUT2D eigenvalue weighted by Gasteiger charge is -2.16. The first-order valence-corrected chi connectivity index (χ1v) is 8.85. The number of nitrogens with zero attached hydrogens (tertiary/aromatic N) is 1. The minimum absolute atomic E-state index is 0.00492. The molecule has 4 nitrogen and oxygen atoms in total. The molecule has 2 rings (SSSR count). The van der Waals surface area contributed by atoms with Gasteiger partial charge in [-0.15, -0.1) is 0 Å². The molecular formula is C14H18ClNO3S. The van der Waals surface area contributed by atoms with Crippen molar-refractivity contribution in [3.05, 3.63) is 29.3 Å². The molecule has 0 radical (unpaired) electrons. The van der Waals surface area contributed by atoms with Crippen LogP contribution in [-0.4, -0.2) is 32.3 Å². The van der Waals surface area contributed by atoms with Gasteiger partial charge < -0.3 is 4.90 Å². The smallest absolute Gasteiger partial charge is 0.261 e. The molecule has 1 aromatic carbocycles. The predicted octanol–water partition coefficient (Wildman–Crippen LogP) is 2.65. The van der Waals surface area contributed by atoms with Gasteiger partial charge in [-0.05, 0) is 36.5 Å². The minimum Gasteiger partial charge on any atom is -0.338 e. The zero-order chi connectivity index (χ0) is 15.1. The molecule has 110 valence electrons. The molecule has 0 saturated carbocycles. The predicted molar refractivity (Wildman–Crippen MR) is 78.4 cm³/mol. The maximum atomic E-state index is 12.4. The molecular weight excluding hydrogens is 298 g/mol. The quantitative estimate of drug-likeness (QED) is 0.788. The number of carbonyl (C=O) groups excluding carboxylic acids is 1. The number of hydrogen-bond donors (Lipinski definition) is 0. The van der Waals surface area contributed by atoms with E-state index in [2.05, 4.69) is 13.8 Å². The standard InChI is InChI=1S/C14H18ClNO3S/c1-9-4-5-12(6-13(9)20(15,18)19)14(17)16-7-10(2)11(3)8-16/h4-6,10-11H,7-8H2,1-3H3. The van der Waals surface area contributed by atoms with Crippen LogP contribution in [0.5, 0.6) is 0 Å². The molecule has 1 amide bonds. The Kier molecular flexibility index (Phi) is 4.12. The number of halogens is 1. The van der Waals surface area contributed by atoms with Crippen molar-refractivity contribution in [2.45, 2.75) is 25.7 Å². The lowest BCUT2D eigenvalue weighted by molar-refractivity contribution is 0.0784. The van der Waals surface area contributed by atoms with Crippen molar-refractivity contribution in [1.29, 1.82) is 0 Å². The first-order valence-electron chi connectivity index (χ1n) is 6.54. The van der Waals surface area contributed by atoms with E-state index in [0.717, 1.165) is 0 Å². The van der Waals surface area contributed by atoms with Crippen molar-refractivity contribution >= 4 is 25.6 Å². The molecule has 1 aliphatic heterocycles. The molecule has 0 N–H and O–H groups in total. The van der Waals surface area contributed by atoms with Crippen LogP contribution < -0.4 is 0 Å². The van der Waals surface area contributed by atoms with Gasteiger partial charge in [-0.3, -0.25) is 4.79 Å². The van der Waals surface area contributed by atoms with Gasteiger partial charge in [0.25, 0.3) is 15.0 Å². The fraction of sp³-hybridized carbons (Fsp3) is 0.500. The van der Waals surface area contributed by atoms with E-state index in [1.54, 1.807) is 24.0 Å². The molecule has 0 bridgehead atoms. The SMILES string of the molecule is Cc1ccc(C(=O)N2CC(C)C(C)C2)cc1S(=O)(=O)Cl. The van der Waals surface area contributed by atoms with Crippen LogP contribution in [0.2, 0.25) is 0 Å². The van der Waals surface area contributed by atoms with Crippen molar-refractivity contribution in [2.75, 3.05) is 13.1 Å². The van der Waals surface area contributed by atoms with Crippen molar-refractivity contribution in [3.63, 3.8) is 0 Å². The van der Waals surface area contributed by atoms with E-state index in [1.165, 1.54) is 6.07 Å². The fourth-order valence-corrected chi connectivity index (χ4v) is 3.69. The highest BCUT2D eigenvalue weighted by molar-refractivity contribution is 8.13. The summed E-state index contributed by atoms with van der Waals surface area (Å²) in [7, 11) is 1.56. The summed E-state index contributed by atoms with van der Waals surface area (Å²) in [4.78, 5) is 14.2. The zero-order valence-electron chi connectivity index (χ0n) is 11.8. The van der Waals surface area contributed by atoms with E-state index < -0.39 is 9.05 Å². The van der Waals surface area contributed by atoms with Gasteiger partial charge in [-0.2, -0.15) is 0 Å². The Morgan fingerprint density at radius 3 is 2.30 bits per heavy atom. The van der Waals surface area contributed by atoms with E-state index in [1.807, 2.05) is 0 Å². The van der Waals surface area contributed by atoms with Crippen molar-refractivity contribution in [3.8, 4) is 0 Å². The molecule has 1 fully saturated rings. The number of benzene rings is 1. The molecule has 2 atom stereocenters. The molecule has 0 aromatic heterocycles. The Labute approximate surface area is 124 Å². The van der Waals surface area contributed by atoms with E-state index >= 15 is 0 Å². The largest absolute Gasteiger partial charge is 0.338 e. The summed E-state index contributed by atoms with van der Waals surface area (Å²) in [5.74, 6) is 0.782. The molecule has 1 heterocycles. The summed E-state index contributed by atoms with van der Waals surface area (Å²) in [6.07, 6.45) is 0. The average molecular weight is 316 g/mol. The van der Waals surface area contributed by atoms with E-state index in [9.17, 15) is 13.2 Å². The highest BCUT2D eigenvalue weighted by Crippen LogP contribution is 2.26. The summed E-state index contributed by atoms with van der Waals surface area (Å²) >= 11 is 0. The summed E-state index contributed by atoms with van der Waals surface area (Å²) in [6, 6.07) is 4.63. The number of amides is 1. The van der Waals surface area contributed by atoms with Gasteiger partial charge in [0.1, 0.15) is 0 Å². The number of hydrogen-bond acceptors (Lipinski definition) is 3. The number of carbonyl (C=O) groups is 1. The molecule has 1 saturated heterocycles. The molecule has 0 aliphatic carbocycles. The van der Waals surface area contributed by atoms with Crippen molar-refractivity contribution in [2.24, 2.45) is 11.8 Å². The number of likely N-dealkylation sites (tertiary alicyclic amines) is 1. The van der Waals surface area contributed by atoms with Gasteiger partial charge in [0.05, 0.1) is 4.90 Å². The van der Waals surface area contributed by atoms with Crippen LogP contribution in [0.25, 0.3) is 0 Å². The minimum atomic E-state index is -3.83. The summed E-state index contributed by atoms with van der Waals surface area (Å²) in [6.45, 7) is 7.29. The first kappa shape index (κ1) is 15.3. The van der Waals surface area contributed by atoms with Gasteiger partial charge >= 0.3 is 0 Å². The Morgan fingerprint density at radius 2 is 1.80 bits per heavy atom. The Balaban J connectivity index is 2.33. The average Bonchev–Trinajstić information content (AvgIpc) is 2.68. The fourth-order valence-electron chi connectivity index (χ4n) is 2.47. The maximum Gasteiger partial charge on any atom is 0.261 e. The van der Waals surface area contributed by atoms with Crippen LogP contribution in [-0.2, 0) is 9.05 Å². The van der Waals surface area contributed by atoms with E-state index in [-0.39, 0.29) is 10.8 Å². The highest BCUT2D eigenvalue weighted by atomic mass is 35.7. The van der Waals surface area contributed by atoms with Gasteiger partial charge in [-0.25, -0.2) is 8.42 Å². The van der Waals surface area contributed by atoms with Crippen LogP contribution in [0.15, 0.2) is 23.1 Å². The second-order valence-electron chi connectivity index (χ2n) is 5.58. The molecule has 1 aromatic rings. The number of aryl methyl sites for hydroxylation is 1. The third-order valence-electron chi connectivity index (χ3n) is 3.97. The highest BCUT2D eigenvalue weighted by Gasteiger charge is 2.30. The van der Waals surface area contributed by atoms with Crippen LogP contribution in [0.1, 0.15) is 29.8 Å². The van der Waals surface area contributed by atoms with Crippen LogP contribution in [0.3, 0.4) is 0 Å². The third-order valence-corrected chi connectivity index (χ3v) is 5.44. The summed E-state index contributed by atoms with van der Waals surface area (Å²) in [5.41, 5.74) is 0.913. The molecule has 2 unspecified atom stereocenters. The molecule has 20 heavy (non-hydrogen) atoms. The van der Waals surface area contributed by atoms with Gasteiger partial charge in [0.15, 0.2) is 0 Å². The maximum absolute atomic E-state index is 12.4. The molecule has 6 heteroatoms. The molecule has 0 spiro atoms. The van der Waals surface area contributed by atoms with Crippen LogP contribution >= 0.6 is 10.7 Å². The Morgan fingerprint density at radius 1 is 1.25 bits per heavy atom. The van der Waals surface area contributed by atoms with Gasteiger partial charge in [0, 0.05) is 29.3 Å². The van der Waals surface area contributed by atoms with Crippen LogP contribution in [0.4, 0.5) is 0 Å². The first-order chi connectivity index (χ1) is 9.20. The van der Waals surface area contributed by atoms with Crippen LogP contribution in [0, 0.1) is 18.8 Å². The summed E-state index contributed by atoms with van der Waals surface area (Å²) < 4.78 is 23.0. The number of rotatable bonds is 2. The lowest BCUT2D eigenvalue weighted by atomic mass is 10.0. The van der Waals surface area contributed by atoms with Gasteiger partial charge in [-0.1, -0.05) is 19.9 Å². The van der Waals surface area contributed by atoms with E-state index in [4.69, 9.17) is 10.7 Å². The van der Waals surface area contributed by atoms with E-state index in [0.29, 0.717) is 36.1 Å². The monoisotopic (exact) mass is 315 g/mol.